The number of rotatable bonds is 2. The molecular formula is C15H10F6. The molecule has 0 aliphatic carbocycles. The molecule has 0 amide bonds. The van der Waals surface area contributed by atoms with Gasteiger partial charge in [-0.1, -0.05) is 26.0 Å². The van der Waals surface area contributed by atoms with Crippen LogP contribution in [0.5, 0.6) is 0 Å². The fourth-order valence-electron chi connectivity index (χ4n) is 1.93. The van der Waals surface area contributed by atoms with Crippen molar-refractivity contribution in [3.8, 4) is 11.1 Å². The molecule has 0 aliphatic rings. The second-order valence-corrected chi connectivity index (χ2v) is 4.84. The Hall–Kier alpha value is -1.98. The van der Waals surface area contributed by atoms with Crippen LogP contribution in [0.15, 0.2) is 18.2 Å². The summed E-state index contributed by atoms with van der Waals surface area (Å²) in [6.07, 6.45) is 0. The molecule has 2 aromatic carbocycles. The van der Waals surface area contributed by atoms with E-state index in [1.54, 1.807) is 13.8 Å². The van der Waals surface area contributed by atoms with E-state index in [1.807, 2.05) is 0 Å². The first-order valence-corrected chi connectivity index (χ1v) is 6.07. The van der Waals surface area contributed by atoms with E-state index >= 15 is 0 Å². The highest BCUT2D eigenvalue weighted by atomic mass is 19.2. The van der Waals surface area contributed by atoms with E-state index in [1.165, 1.54) is 6.07 Å². The lowest BCUT2D eigenvalue weighted by Gasteiger charge is -2.11. The molecule has 0 nitrogen and oxygen atoms in total. The van der Waals surface area contributed by atoms with Crippen molar-refractivity contribution in [1.29, 1.82) is 0 Å². The topological polar surface area (TPSA) is 0 Å². The number of halogens is 6. The maximum Gasteiger partial charge on any atom is 0.200 e. The highest BCUT2D eigenvalue weighted by Crippen LogP contribution is 2.34. The number of benzene rings is 2. The van der Waals surface area contributed by atoms with Gasteiger partial charge in [-0.2, -0.15) is 0 Å². The van der Waals surface area contributed by atoms with E-state index in [0.29, 0.717) is 5.56 Å². The normalized spacial score (nSPS) is 11.3. The Kier molecular flexibility index (Phi) is 3.98. The fourth-order valence-corrected chi connectivity index (χ4v) is 1.93. The monoisotopic (exact) mass is 304 g/mol. The summed E-state index contributed by atoms with van der Waals surface area (Å²) in [6.45, 7) is 3.54. The van der Waals surface area contributed by atoms with Crippen molar-refractivity contribution in [3.05, 3.63) is 58.7 Å². The van der Waals surface area contributed by atoms with Crippen LogP contribution in [0.25, 0.3) is 11.1 Å². The van der Waals surface area contributed by atoms with Gasteiger partial charge in [-0.15, -0.1) is 0 Å². The highest BCUT2D eigenvalue weighted by Gasteiger charge is 2.28. The summed E-state index contributed by atoms with van der Waals surface area (Å²) in [7, 11) is 0. The summed E-state index contributed by atoms with van der Waals surface area (Å²) in [6, 6.07) is 3.39. The maximum atomic E-state index is 13.9. The minimum absolute atomic E-state index is 0.0510. The average molecular weight is 304 g/mol. The molecule has 0 heterocycles. The smallest absolute Gasteiger partial charge is 0.200 e. The quantitative estimate of drug-likeness (QED) is 0.400. The lowest BCUT2D eigenvalue weighted by Crippen LogP contribution is -2.05. The van der Waals surface area contributed by atoms with E-state index in [-0.39, 0.29) is 5.92 Å². The van der Waals surface area contributed by atoms with Crippen molar-refractivity contribution in [2.75, 3.05) is 0 Å². The van der Waals surface area contributed by atoms with Crippen molar-refractivity contribution in [2.24, 2.45) is 0 Å². The minimum Gasteiger partial charge on any atom is -0.206 e. The molecule has 0 radical (unpaired) electrons. The molecule has 112 valence electrons. The number of hydrogen-bond acceptors (Lipinski definition) is 0. The lowest BCUT2D eigenvalue weighted by molar-refractivity contribution is 0.381. The molecule has 0 aliphatic heterocycles. The summed E-state index contributed by atoms with van der Waals surface area (Å²) < 4.78 is 80.5. The summed E-state index contributed by atoms with van der Waals surface area (Å²) in [5.74, 6) is -11.7. The Balaban J connectivity index is 2.74. The van der Waals surface area contributed by atoms with Crippen molar-refractivity contribution >= 4 is 0 Å². The van der Waals surface area contributed by atoms with Crippen molar-refractivity contribution < 1.29 is 26.3 Å². The molecule has 2 rings (SSSR count). The molecule has 6 heteroatoms. The predicted molar refractivity (Wildman–Crippen MR) is 65.7 cm³/mol. The van der Waals surface area contributed by atoms with Gasteiger partial charge in [0.25, 0.3) is 0 Å². The predicted octanol–water partition coefficient (Wildman–Crippen LogP) is 5.31. The number of hydrogen-bond donors (Lipinski definition) is 0. The van der Waals surface area contributed by atoms with E-state index in [0.717, 1.165) is 12.1 Å². The Labute approximate surface area is 117 Å². The van der Waals surface area contributed by atoms with Crippen molar-refractivity contribution in [3.63, 3.8) is 0 Å². The largest absolute Gasteiger partial charge is 0.206 e. The highest BCUT2D eigenvalue weighted by molar-refractivity contribution is 5.66. The first-order chi connectivity index (χ1) is 9.75. The third kappa shape index (κ3) is 2.50. The lowest BCUT2D eigenvalue weighted by atomic mass is 9.97. The molecule has 0 bridgehead atoms. The second-order valence-electron chi connectivity index (χ2n) is 4.84. The molecule has 0 fully saturated rings. The standard InChI is InChI=1S/C15H10F6/c1-6(2)7-3-4-8(9(16)5-7)10-11(17)13(19)15(21)14(20)12(10)18/h3-6H,1-2H3. The maximum absolute atomic E-state index is 13.9. The van der Waals surface area contributed by atoms with E-state index in [9.17, 15) is 26.3 Å². The summed E-state index contributed by atoms with van der Waals surface area (Å²) in [4.78, 5) is 0. The van der Waals surface area contributed by atoms with Gasteiger partial charge in [0, 0.05) is 5.56 Å². The van der Waals surface area contributed by atoms with Crippen LogP contribution in [0.2, 0.25) is 0 Å². The molecule has 0 spiro atoms. The van der Waals surface area contributed by atoms with Gasteiger partial charge < -0.3 is 0 Å². The van der Waals surface area contributed by atoms with Crippen molar-refractivity contribution in [2.45, 2.75) is 19.8 Å². The fraction of sp³-hybridized carbons (Fsp3) is 0.200. The van der Waals surface area contributed by atoms with E-state index < -0.39 is 46.0 Å². The van der Waals surface area contributed by atoms with Gasteiger partial charge in [0.2, 0.25) is 5.82 Å². The van der Waals surface area contributed by atoms with Gasteiger partial charge in [-0.25, -0.2) is 26.3 Å². The molecule has 0 N–H and O–H groups in total. The molecule has 0 unspecified atom stereocenters. The molecular weight excluding hydrogens is 294 g/mol. The molecule has 2 aromatic rings. The van der Waals surface area contributed by atoms with Crippen LogP contribution in [-0.4, -0.2) is 0 Å². The van der Waals surface area contributed by atoms with Crippen LogP contribution < -0.4 is 0 Å². The third-order valence-corrected chi connectivity index (χ3v) is 3.14. The Bertz CT molecular complexity index is 677. The zero-order valence-electron chi connectivity index (χ0n) is 11.1. The third-order valence-electron chi connectivity index (χ3n) is 3.14. The van der Waals surface area contributed by atoms with Gasteiger partial charge in [-0.05, 0) is 17.5 Å². The first kappa shape index (κ1) is 15.4. The zero-order valence-corrected chi connectivity index (χ0v) is 11.1. The second kappa shape index (κ2) is 5.42. The van der Waals surface area contributed by atoms with Crippen LogP contribution in [-0.2, 0) is 0 Å². The van der Waals surface area contributed by atoms with Gasteiger partial charge in [0.1, 0.15) is 5.82 Å². The summed E-state index contributed by atoms with van der Waals surface area (Å²) in [5.41, 5.74) is -1.40. The Morgan fingerprint density at radius 2 is 1.19 bits per heavy atom. The molecule has 0 saturated heterocycles. The van der Waals surface area contributed by atoms with Crippen LogP contribution in [0.3, 0.4) is 0 Å². The summed E-state index contributed by atoms with van der Waals surface area (Å²) in [5, 5.41) is 0. The van der Waals surface area contributed by atoms with Crippen LogP contribution in [0, 0.1) is 34.9 Å². The average Bonchev–Trinajstić information content (AvgIpc) is 2.44. The van der Waals surface area contributed by atoms with Crippen LogP contribution >= 0.6 is 0 Å². The Morgan fingerprint density at radius 1 is 0.714 bits per heavy atom. The van der Waals surface area contributed by atoms with Gasteiger partial charge in [0.05, 0.1) is 5.56 Å². The van der Waals surface area contributed by atoms with E-state index in [4.69, 9.17) is 0 Å². The molecule has 21 heavy (non-hydrogen) atoms. The summed E-state index contributed by atoms with van der Waals surface area (Å²) >= 11 is 0. The van der Waals surface area contributed by atoms with Gasteiger partial charge in [-0.3, -0.25) is 0 Å². The molecule has 0 aromatic heterocycles. The van der Waals surface area contributed by atoms with Crippen molar-refractivity contribution in [1.82, 2.24) is 0 Å². The zero-order chi connectivity index (χ0) is 15.9. The first-order valence-electron chi connectivity index (χ1n) is 6.07. The molecule has 0 atom stereocenters. The minimum atomic E-state index is -2.27. The van der Waals surface area contributed by atoms with E-state index in [2.05, 4.69) is 0 Å². The molecule has 0 saturated carbocycles. The van der Waals surface area contributed by atoms with Gasteiger partial charge >= 0.3 is 0 Å². The SMILES string of the molecule is CC(C)c1ccc(-c2c(F)c(F)c(F)c(F)c2F)c(F)c1. The van der Waals surface area contributed by atoms with Crippen LogP contribution in [0.1, 0.15) is 25.3 Å². The Morgan fingerprint density at radius 3 is 1.62 bits per heavy atom. The van der Waals surface area contributed by atoms with Crippen LogP contribution in [0.4, 0.5) is 26.3 Å². The van der Waals surface area contributed by atoms with Gasteiger partial charge in [0.15, 0.2) is 23.3 Å².